The van der Waals surface area contributed by atoms with Gasteiger partial charge < -0.3 is 11.1 Å². The number of carbonyl (C=O) groups excluding carboxylic acids is 1. The van der Waals surface area contributed by atoms with Crippen molar-refractivity contribution in [3.8, 4) is 0 Å². The fourth-order valence-corrected chi connectivity index (χ4v) is 2.72. The molecule has 1 fully saturated rings. The van der Waals surface area contributed by atoms with Crippen molar-refractivity contribution in [3.05, 3.63) is 12.2 Å². The van der Waals surface area contributed by atoms with Crippen LogP contribution in [0.4, 0.5) is 0 Å². The lowest BCUT2D eigenvalue weighted by Gasteiger charge is -2.29. The van der Waals surface area contributed by atoms with Gasteiger partial charge in [-0.15, -0.1) is 0 Å². The van der Waals surface area contributed by atoms with Gasteiger partial charge in [0.05, 0.1) is 5.92 Å². The number of allylic oxidation sites excluding steroid dienone is 1. The smallest absolute Gasteiger partial charge is 0.224 e. The zero-order chi connectivity index (χ0) is 11.4. The van der Waals surface area contributed by atoms with Crippen LogP contribution in [0.1, 0.15) is 44.9 Å². The number of nitrogens with two attached hydrogens (primary N) is 1. The molecule has 0 heterocycles. The van der Waals surface area contributed by atoms with Crippen molar-refractivity contribution < 1.29 is 4.79 Å². The van der Waals surface area contributed by atoms with E-state index in [1.165, 1.54) is 6.42 Å². The lowest BCUT2D eigenvalue weighted by Crippen LogP contribution is -2.47. The van der Waals surface area contributed by atoms with Gasteiger partial charge in [-0.2, -0.15) is 0 Å². The SMILES string of the molecule is NC1CCCCC1C(=O)NC1CC=CCC1. The van der Waals surface area contributed by atoms with E-state index in [0.29, 0.717) is 6.04 Å². The number of nitrogens with one attached hydrogen (secondary N) is 1. The Hall–Kier alpha value is -0.830. The monoisotopic (exact) mass is 222 g/mol. The molecule has 3 nitrogen and oxygen atoms in total. The average molecular weight is 222 g/mol. The first kappa shape index (κ1) is 11.6. The minimum atomic E-state index is 0.0552. The minimum absolute atomic E-state index is 0.0552. The Balaban J connectivity index is 1.84. The molecule has 0 aromatic carbocycles. The Kier molecular flexibility index (Phi) is 3.99. The van der Waals surface area contributed by atoms with E-state index >= 15 is 0 Å². The Labute approximate surface area is 97.5 Å². The second kappa shape index (κ2) is 5.48. The molecular formula is C13H22N2O. The van der Waals surface area contributed by atoms with Crippen LogP contribution in [0.5, 0.6) is 0 Å². The molecule has 2 aliphatic rings. The van der Waals surface area contributed by atoms with Crippen molar-refractivity contribution in [2.45, 2.75) is 57.0 Å². The van der Waals surface area contributed by atoms with Crippen LogP contribution in [-0.2, 0) is 4.79 Å². The maximum atomic E-state index is 12.1. The molecular weight excluding hydrogens is 200 g/mol. The first-order chi connectivity index (χ1) is 7.77. The van der Waals surface area contributed by atoms with Crippen LogP contribution >= 0.6 is 0 Å². The van der Waals surface area contributed by atoms with Crippen molar-refractivity contribution in [1.29, 1.82) is 0 Å². The molecule has 0 radical (unpaired) electrons. The highest BCUT2D eigenvalue weighted by atomic mass is 16.2. The van der Waals surface area contributed by atoms with Gasteiger partial charge in [0.2, 0.25) is 5.91 Å². The molecule has 3 heteroatoms. The topological polar surface area (TPSA) is 55.1 Å². The molecule has 2 aliphatic carbocycles. The maximum Gasteiger partial charge on any atom is 0.224 e. The fraction of sp³-hybridized carbons (Fsp3) is 0.769. The van der Waals surface area contributed by atoms with Gasteiger partial charge >= 0.3 is 0 Å². The third-order valence-corrected chi connectivity index (χ3v) is 3.77. The Bertz CT molecular complexity index is 275. The lowest BCUT2D eigenvalue weighted by molar-refractivity contribution is -0.127. The van der Waals surface area contributed by atoms with E-state index in [9.17, 15) is 4.79 Å². The second-order valence-corrected chi connectivity index (χ2v) is 5.04. The van der Waals surface area contributed by atoms with Crippen LogP contribution in [0.2, 0.25) is 0 Å². The van der Waals surface area contributed by atoms with Gasteiger partial charge in [0, 0.05) is 12.1 Å². The third-order valence-electron chi connectivity index (χ3n) is 3.77. The van der Waals surface area contributed by atoms with Crippen molar-refractivity contribution in [2.75, 3.05) is 0 Å². The van der Waals surface area contributed by atoms with Gasteiger partial charge in [0.1, 0.15) is 0 Å². The molecule has 1 amide bonds. The summed E-state index contributed by atoms with van der Waals surface area (Å²) >= 11 is 0. The van der Waals surface area contributed by atoms with Crippen LogP contribution < -0.4 is 11.1 Å². The predicted octanol–water partition coefficient (Wildman–Crippen LogP) is 1.73. The highest BCUT2D eigenvalue weighted by Gasteiger charge is 2.29. The summed E-state index contributed by atoms with van der Waals surface area (Å²) in [5.74, 6) is 0.243. The lowest BCUT2D eigenvalue weighted by atomic mass is 9.84. The summed E-state index contributed by atoms with van der Waals surface area (Å²) in [6.07, 6.45) is 11.8. The van der Waals surface area contributed by atoms with Crippen LogP contribution in [-0.4, -0.2) is 18.0 Å². The highest BCUT2D eigenvalue weighted by Crippen LogP contribution is 2.23. The van der Waals surface area contributed by atoms with E-state index in [0.717, 1.165) is 38.5 Å². The first-order valence-corrected chi connectivity index (χ1v) is 6.48. The highest BCUT2D eigenvalue weighted by molar-refractivity contribution is 5.79. The normalized spacial score (nSPS) is 34.7. The molecule has 3 N–H and O–H groups in total. The molecule has 3 unspecified atom stereocenters. The maximum absolute atomic E-state index is 12.1. The van der Waals surface area contributed by atoms with Gasteiger partial charge in [-0.3, -0.25) is 4.79 Å². The minimum Gasteiger partial charge on any atom is -0.353 e. The number of hydrogen-bond acceptors (Lipinski definition) is 2. The first-order valence-electron chi connectivity index (χ1n) is 6.48. The Morgan fingerprint density at radius 3 is 2.69 bits per heavy atom. The number of carbonyl (C=O) groups is 1. The summed E-state index contributed by atoms with van der Waals surface area (Å²) in [6, 6.07) is 0.416. The second-order valence-electron chi connectivity index (χ2n) is 5.04. The standard InChI is InChI=1S/C13H22N2O/c14-12-9-5-4-8-11(12)13(16)15-10-6-2-1-3-7-10/h1-2,10-12H,3-9,14H2,(H,15,16). The van der Waals surface area contributed by atoms with Crippen LogP contribution in [0, 0.1) is 5.92 Å². The van der Waals surface area contributed by atoms with Gasteiger partial charge in [0.15, 0.2) is 0 Å². The summed E-state index contributed by atoms with van der Waals surface area (Å²) < 4.78 is 0. The average Bonchev–Trinajstić information content (AvgIpc) is 2.31. The zero-order valence-corrected chi connectivity index (χ0v) is 9.82. The molecule has 0 aliphatic heterocycles. The van der Waals surface area contributed by atoms with Crippen molar-refractivity contribution in [1.82, 2.24) is 5.32 Å². The molecule has 3 atom stereocenters. The van der Waals surface area contributed by atoms with Crippen molar-refractivity contribution in [2.24, 2.45) is 11.7 Å². The zero-order valence-electron chi connectivity index (χ0n) is 9.82. The number of rotatable bonds is 2. The van der Waals surface area contributed by atoms with Crippen molar-refractivity contribution in [3.63, 3.8) is 0 Å². The largest absolute Gasteiger partial charge is 0.353 e. The van der Waals surface area contributed by atoms with E-state index in [-0.39, 0.29) is 17.9 Å². The molecule has 1 saturated carbocycles. The van der Waals surface area contributed by atoms with Crippen LogP contribution in [0.3, 0.4) is 0 Å². The van der Waals surface area contributed by atoms with Crippen LogP contribution in [0.25, 0.3) is 0 Å². The predicted molar refractivity (Wildman–Crippen MR) is 64.9 cm³/mol. The molecule has 16 heavy (non-hydrogen) atoms. The molecule has 0 bridgehead atoms. The Morgan fingerprint density at radius 2 is 2.00 bits per heavy atom. The summed E-state index contributed by atoms with van der Waals surface area (Å²) in [4.78, 5) is 12.1. The number of hydrogen-bond donors (Lipinski definition) is 2. The summed E-state index contributed by atoms with van der Waals surface area (Å²) in [5, 5.41) is 3.15. The summed E-state index contributed by atoms with van der Waals surface area (Å²) in [7, 11) is 0. The quantitative estimate of drug-likeness (QED) is 0.699. The van der Waals surface area contributed by atoms with Gasteiger partial charge in [-0.25, -0.2) is 0 Å². The molecule has 90 valence electrons. The van der Waals surface area contributed by atoms with Gasteiger partial charge in [0.25, 0.3) is 0 Å². The molecule has 0 spiro atoms. The van der Waals surface area contributed by atoms with Gasteiger partial charge in [-0.1, -0.05) is 25.0 Å². The molecule has 2 rings (SSSR count). The Morgan fingerprint density at radius 1 is 1.19 bits per heavy atom. The number of amides is 1. The molecule has 0 aromatic heterocycles. The molecule has 0 aromatic rings. The molecule has 0 saturated heterocycles. The van der Waals surface area contributed by atoms with E-state index < -0.39 is 0 Å². The fourth-order valence-electron chi connectivity index (χ4n) is 2.72. The van der Waals surface area contributed by atoms with E-state index in [4.69, 9.17) is 5.73 Å². The summed E-state index contributed by atoms with van der Waals surface area (Å²) in [6.45, 7) is 0. The van der Waals surface area contributed by atoms with E-state index in [2.05, 4.69) is 17.5 Å². The van der Waals surface area contributed by atoms with Gasteiger partial charge in [-0.05, 0) is 32.1 Å². The van der Waals surface area contributed by atoms with Crippen LogP contribution in [0.15, 0.2) is 12.2 Å². The van der Waals surface area contributed by atoms with Crippen molar-refractivity contribution >= 4 is 5.91 Å². The third kappa shape index (κ3) is 2.85. The van der Waals surface area contributed by atoms with E-state index in [1.807, 2.05) is 0 Å². The van der Waals surface area contributed by atoms with E-state index in [1.54, 1.807) is 0 Å². The summed E-state index contributed by atoms with van der Waals surface area (Å²) in [5.41, 5.74) is 6.01.